The fourth-order valence-corrected chi connectivity index (χ4v) is 2.69. The molecule has 0 bridgehead atoms. The van der Waals surface area contributed by atoms with Gasteiger partial charge >= 0.3 is 12.1 Å². The van der Waals surface area contributed by atoms with E-state index in [-0.39, 0.29) is 5.75 Å². The second kappa shape index (κ2) is 4.65. The Morgan fingerprint density at radius 2 is 1.90 bits per heavy atom. The minimum Gasteiger partial charge on any atom is -0.478 e. The van der Waals surface area contributed by atoms with E-state index < -0.39 is 30.6 Å². The van der Waals surface area contributed by atoms with Crippen molar-refractivity contribution in [2.24, 2.45) is 5.92 Å². The van der Waals surface area contributed by atoms with Crippen LogP contribution in [0.15, 0.2) is 36.4 Å². The lowest BCUT2D eigenvalue weighted by Crippen LogP contribution is -2.46. The maximum atomic E-state index is 13.1. The van der Waals surface area contributed by atoms with Crippen LogP contribution in [0.3, 0.4) is 0 Å². The van der Waals surface area contributed by atoms with Gasteiger partial charge in [0.05, 0.1) is 0 Å². The van der Waals surface area contributed by atoms with Gasteiger partial charge < -0.3 is 9.84 Å². The van der Waals surface area contributed by atoms with Crippen molar-refractivity contribution in [2.75, 3.05) is 0 Å². The van der Waals surface area contributed by atoms with Crippen molar-refractivity contribution < 1.29 is 27.8 Å². The highest BCUT2D eigenvalue weighted by molar-refractivity contribution is 5.88. The molecule has 0 amide bonds. The summed E-state index contributed by atoms with van der Waals surface area (Å²) in [5.74, 6) is -3.44. The molecule has 0 aliphatic carbocycles. The molecular weight excluding hydrogens is 285 g/mol. The van der Waals surface area contributed by atoms with Crippen molar-refractivity contribution in [1.82, 2.24) is 0 Å². The van der Waals surface area contributed by atoms with Crippen LogP contribution in [0.4, 0.5) is 13.2 Å². The van der Waals surface area contributed by atoms with Crippen molar-refractivity contribution >= 4 is 16.7 Å². The van der Waals surface area contributed by atoms with Crippen molar-refractivity contribution in [3.63, 3.8) is 0 Å². The Hall–Kier alpha value is -2.24. The molecule has 2 aromatic carbocycles. The zero-order valence-corrected chi connectivity index (χ0v) is 10.7. The lowest BCUT2D eigenvalue weighted by atomic mass is 9.87. The Bertz CT molecular complexity index is 709. The standard InChI is InChI=1S/C15H11F3O3/c16-15(17,18)11-7-10-9-4-2-1-3-8(9)5-6-12(10)21-13(11)14(19)20/h1-6,11,13H,7H2,(H,19,20). The first-order valence-corrected chi connectivity index (χ1v) is 6.35. The molecule has 110 valence electrons. The maximum Gasteiger partial charge on any atom is 0.396 e. The Kier molecular flexibility index (Phi) is 3.04. The van der Waals surface area contributed by atoms with Gasteiger partial charge in [-0.05, 0) is 23.3 Å². The second-order valence-electron chi connectivity index (χ2n) is 4.99. The van der Waals surface area contributed by atoms with Crippen molar-refractivity contribution in [2.45, 2.75) is 18.7 Å². The molecule has 0 radical (unpaired) electrons. The molecule has 3 rings (SSSR count). The van der Waals surface area contributed by atoms with Crippen LogP contribution in [0.2, 0.25) is 0 Å². The van der Waals surface area contributed by atoms with E-state index in [2.05, 4.69) is 0 Å². The van der Waals surface area contributed by atoms with Crippen molar-refractivity contribution in [1.29, 1.82) is 0 Å². The van der Waals surface area contributed by atoms with Crippen LogP contribution in [-0.4, -0.2) is 23.4 Å². The predicted octanol–water partition coefficient (Wildman–Crippen LogP) is 3.41. The predicted molar refractivity (Wildman–Crippen MR) is 69.2 cm³/mol. The lowest BCUT2D eigenvalue weighted by Gasteiger charge is -2.32. The summed E-state index contributed by atoms with van der Waals surface area (Å²) in [6.07, 6.45) is -6.92. The van der Waals surface area contributed by atoms with E-state index in [1.165, 1.54) is 6.07 Å². The third-order valence-electron chi connectivity index (χ3n) is 3.70. The summed E-state index contributed by atoms with van der Waals surface area (Å²) < 4.78 is 44.4. The smallest absolute Gasteiger partial charge is 0.396 e. The minimum absolute atomic E-state index is 0.210. The van der Waals surface area contributed by atoms with Gasteiger partial charge in [0.25, 0.3) is 0 Å². The van der Waals surface area contributed by atoms with Gasteiger partial charge in [0.15, 0.2) is 0 Å². The largest absolute Gasteiger partial charge is 0.478 e. The molecule has 0 saturated carbocycles. The number of aliphatic carboxylic acids is 1. The van der Waals surface area contributed by atoms with E-state index in [0.717, 1.165) is 5.39 Å². The molecule has 2 unspecified atom stereocenters. The summed E-state index contributed by atoms with van der Waals surface area (Å²) in [6, 6.07) is 10.3. The summed E-state index contributed by atoms with van der Waals surface area (Å²) >= 11 is 0. The monoisotopic (exact) mass is 296 g/mol. The van der Waals surface area contributed by atoms with Gasteiger partial charge in [-0.25, -0.2) is 4.79 Å². The lowest BCUT2D eigenvalue weighted by molar-refractivity contribution is -0.206. The van der Waals surface area contributed by atoms with Gasteiger partial charge in [0.1, 0.15) is 11.7 Å². The molecule has 2 aromatic rings. The highest BCUT2D eigenvalue weighted by Gasteiger charge is 2.51. The highest BCUT2D eigenvalue weighted by Crippen LogP contribution is 2.42. The van der Waals surface area contributed by atoms with E-state index in [9.17, 15) is 18.0 Å². The summed E-state index contributed by atoms with van der Waals surface area (Å²) in [5.41, 5.74) is 0.410. The van der Waals surface area contributed by atoms with E-state index >= 15 is 0 Å². The van der Waals surface area contributed by atoms with Gasteiger partial charge in [0, 0.05) is 5.56 Å². The number of ether oxygens (including phenoxy) is 1. The van der Waals surface area contributed by atoms with Crippen LogP contribution >= 0.6 is 0 Å². The number of alkyl halides is 3. The molecule has 6 heteroatoms. The molecule has 0 aromatic heterocycles. The molecule has 1 N–H and O–H groups in total. The fraction of sp³-hybridized carbons (Fsp3) is 0.267. The summed E-state index contributed by atoms with van der Waals surface area (Å²) in [7, 11) is 0. The zero-order chi connectivity index (χ0) is 15.2. The normalized spacial score (nSPS) is 21.7. The molecule has 0 spiro atoms. The number of fused-ring (bicyclic) bond motifs is 3. The molecule has 1 heterocycles. The van der Waals surface area contributed by atoms with E-state index in [1.54, 1.807) is 30.3 Å². The summed E-state index contributed by atoms with van der Waals surface area (Å²) in [5, 5.41) is 10.4. The Labute approximate surface area is 117 Å². The average Bonchev–Trinajstić information content (AvgIpc) is 2.44. The summed E-state index contributed by atoms with van der Waals surface area (Å²) in [4.78, 5) is 11.1. The Morgan fingerprint density at radius 3 is 2.57 bits per heavy atom. The Balaban J connectivity index is 2.15. The van der Waals surface area contributed by atoms with Crippen LogP contribution < -0.4 is 4.74 Å². The molecule has 1 aliphatic heterocycles. The SMILES string of the molecule is O=C(O)C1Oc2ccc3ccccc3c2CC1C(F)(F)F. The third-order valence-corrected chi connectivity index (χ3v) is 3.70. The number of hydrogen-bond acceptors (Lipinski definition) is 2. The highest BCUT2D eigenvalue weighted by atomic mass is 19.4. The minimum atomic E-state index is -4.63. The Morgan fingerprint density at radius 1 is 1.19 bits per heavy atom. The van der Waals surface area contributed by atoms with Gasteiger partial charge in [-0.1, -0.05) is 30.3 Å². The first kappa shape index (κ1) is 13.7. The van der Waals surface area contributed by atoms with Crippen LogP contribution in [0.5, 0.6) is 5.75 Å². The molecule has 0 saturated heterocycles. The number of hydrogen-bond donors (Lipinski definition) is 1. The van der Waals surface area contributed by atoms with Crippen LogP contribution in [0.1, 0.15) is 5.56 Å². The molecule has 0 fully saturated rings. The van der Waals surface area contributed by atoms with Crippen molar-refractivity contribution in [3.05, 3.63) is 42.0 Å². The molecule has 2 atom stereocenters. The van der Waals surface area contributed by atoms with Gasteiger partial charge in [-0.15, -0.1) is 0 Å². The molecule has 1 aliphatic rings. The quantitative estimate of drug-likeness (QED) is 0.877. The fourth-order valence-electron chi connectivity index (χ4n) is 2.69. The number of rotatable bonds is 1. The van der Waals surface area contributed by atoms with E-state index in [4.69, 9.17) is 9.84 Å². The third kappa shape index (κ3) is 2.30. The summed E-state index contributed by atoms with van der Waals surface area (Å²) in [6.45, 7) is 0. The number of carboxylic acids is 1. The van der Waals surface area contributed by atoms with E-state index in [0.29, 0.717) is 10.9 Å². The van der Waals surface area contributed by atoms with Crippen LogP contribution in [0, 0.1) is 5.92 Å². The zero-order valence-electron chi connectivity index (χ0n) is 10.7. The topological polar surface area (TPSA) is 46.5 Å². The molecular formula is C15H11F3O3. The number of halogens is 3. The van der Waals surface area contributed by atoms with Crippen LogP contribution in [0.25, 0.3) is 10.8 Å². The van der Waals surface area contributed by atoms with Gasteiger partial charge in [0.2, 0.25) is 6.10 Å². The average molecular weight is 296 g/mol. The molecule has 21 heavy (non-hydrogen) atoms. The van der Waals surface area contributed by atoms with E-state index in [1.807, 2.05) is 0 Å². The number of benzene rings is 2. The van der Waals surface area contributed by atoms with Crippen molar-refractivity contribution in [3.8, 4) is 5.75 Å². The van der Waals surface area contributed by atoms with Crippen LogP contribution in [-0.2, 0) is 11.2 Å². The second-order valence-corrected chi connectivity index (χ2v) is 4.99. The van der Waals surface area contributed by atoms with Gasteiger partial charge in [-0.2, -0.15) is 13.2 Å². The van der Waals surface area contributed by atoms with Gasteiger partial charge in [-0.3, -0.25) is 0 Å². The molecule has 3 nitrogen and oxygen atoms in total. The first-order valence-electron chi connectivity index (χ1n) is 6.35. The maximum absolute atomic E-state index is 13.1. The number of carbonyl (C=O) groups is 1. The number of carboxylic acid groups (broad SMARTS) is 1. The first-order chi connectivity index (χ1) is 9.88.